The molecule has 1 aliphatic heterocycles. The lowest BCUT2D eigenvalue weighted by Gasteiger charge is -2.36. The van der Waals surface area contributed by atoms with Crippen LogP contribution in [0.2, 0.25) is 0 Å². The Morgan fingerprint density at radius 1 is 1.16 bits per heavy atom. The summed E-state index contributed by atoms with van der Waals surface area (Å²) in [6.07, 6.45) is 0. The van der Waals surface area contributed by atoms with E-state index in [9.17, 15) is 4.79 Å². The van der Waals surface area contributed by atoms with Crippen molar-refractivity contribution in [1.29, 1.82) is 0 Å². The molecular weight excluding hydrogens is 283 g/mol. The van der Waals surface area contributed by atoms with Gasteiger partial charge in [0.05, 0.1) is 0 Å². The molecule has 0 aromatic heterocycles. The fourth-order valence-electron chi connectivity index (χ4n) is 2.23. The molecule has 2 rings (SSSR count). The molecule has 0 bridgehead atoms. The molecule has 3 nitrogen and oxygen atoms in total. The molecule has 1 saturated heterocycles. The highest BCUT2D eigenvalue weighted by atomic mass is 35.5. The molecule has 0 spiro atoms. The maximum absolute atomic E-state index is 11.9. The van der Waals surface area contributed by atoms with Gasteiger partial charge in [0, 0.05) is 32.7 Å². The first-order valence-corrected chi connectivity index (χ1v) is 7.16. The van der Waals surface area contributed by atoms with Gasteiger partial charge in [-0.05, 0) is 12.5 Å². The summed E-state index contributed by atoms with van der Waals surface area (Å²) >= 11 is 11.7. The summed E-state index contributed by atoms with van der Waals surface area (Å²) in [7, 11) is 0. The molecule has 0 saturated carbocycles. The van der Waals surface area contributed by atoms with Crippen molar-refractivity contribution in [2.45, 2.75) is 17.8 Å². The van der Waals surface area contributed by atoms with E-state index in [1.165, 1.54) is 12.5 Å². The van der Waals surface area contributed by atoms with E-state index >= 15 is 0 Å². The molecule has 5 heteroatoms. The van der Waals surface area contributed by atoms with E-state index in [0.29, 0.717) is 13.1 Å². The van der Waals surface area contributed by atoms with Crippen molar-refractivity contribution in [3.63, 3.8) is 0 Å². The summed E-state index contributed by atoms with van der Waals surface area (Å²) in [5, 5.41) is 0. The smallest absolute Gasteiger partial charge is 0.258 e. The molecule has 0 aliphatic carbocycles. The largest absolute Gasteiger partial charge is 0.338 e. The van der Waals surface area contributed by atoms with Gasteiger partial charge in [0.2, 0.25) is 0 Å². The molecule has 1 fully saturated rings. The number of piperazine rings is 1. The lowest BCUT2D eigenvalue weighted by molar-refractivity contribution is -0.133. The highest BCUT2D eigenvalue weighted by Gasteiger charge is 2.33. The van der Waals surface area contributed by atoms with E-state index < -0.39 is 4.33 Å². The molecule has 1 aromatic carbocycles. The molecule has 0 atom stereocenters. The standard InChI is InChI=1S/C14H18Cl2N2O/c1-14(15,16)13(19)18-9-7-17(8-10-18)11-12-5-3-2-4-6-12/h2-6H,7-11H2,1H3. The molecule has 1 amide bonds. The van der Waals surface area contributed by atoms with Crippen LogP contribution >= 0.6 is 23.2 Å². The van der Waals surface area contributed by atoms with Crippen LogP contribution in [0.3, 0.4) is 0 Å². The zero-order valence-electron chi connectivity index (χ0n) is 11.0. The predicted molar refractivity (Wildman–Crippen MR) is 78.4 cm³/mol. The number of carbonyl (C=O) groups is 1. The molecule has 1 aliphatic rings. The van der Waals surface area contributed by atoms with Crippen molar-refractivity contribution < 1.29 is 4.79 Å². The first kappa shape index (κ1) is 14.6. The number of benzene rings is 1. The third kappa shape index (κ3) is 4.10. The number of halogens is 2. The van der Waals surface area contributed by atoms with E-state index in [1.807, 2.05) is 18.2 Å². The summed E-state index contributed by atoms with van der Waals surface area (Å²) < 4.78 is -1.32. The van der Waals surface area contributed by atoms with Crippen molar-refractivity contribution in [1.82, 2.24) is 9.80 Å². The number of nitrogens with zero attached hydrogens (tertiary/aromatic N) is 2. The Balaban J connectivity index is 1.85. The predicted octanol–water partition coefficient (Wildman–Crippen LogP) is 2.52. The summed E-state index contributed by atoms with van der Waals surface area (Å²) in [5.74, 6) is -0.199. The lowest BCUT2D eigenvalue weighted by atomic mass is 10.2. The van der Waals surface area contributed by atoms with Crippen LogP contribution in [-0.2, 0) is 11.3 Å². The Morgan fingerprint density at radius 2 is 1.74 bits per heavy atom. The maximum Gasteiger partial charge on any atom is 0.258 e. The van der Waals surface area contributed by atoms with Gasteiger partial charge in [0.1, 0.15) is 0 Å². The van der Waals surface area contributed by atoms with E-state index in [-0.39, 0.29) is 5.91 Å². The van der Waals surface area contributed by atoms with Crippen molar-refractivity contribution >= 4 is 29.1 Å². The maximum atomic E-state index is 11.9. The van der Waals surface area contributed by atoms with Gasteiger partial charge in [0.15, 0.2) is 4.33 Å². The minimum Gasteiger partial charge on any atom is -0.338 e. The second-order valence-corrected chi connectivity index (χ2v) is 6.65. The molecule has 19 heavy (non-hydrogen) atoms. The number of carbonyl (C=O) groups excluding carboxylic acids is 1. The second-order valence-electron chi connectivity index (χ2n) is 4.94. The van der Waals surface area contributed by atoms with Crippen LogP contribution in [0.15, 0.2) is 30.3 Å². The van der Waals surface area contributed by atoms with Crippen molar-refractivity contribution in [3.05, 3.63) is 35.9 Å². The van der Waals surface area contributed by atoms with Gasteiger partial charge in [-0.3, -0.25) is 9.69 Å². The third-order valence-corrected chi connectivity index (χ3v) is 3.61. The topological polar surface area (TPSA) is 23.6 Å². The Morgan fingerprint density at radius 3 is 2.26 bits per heavy atom. The van der Waals surface area contributed by atoms with E-state index in [4.69, 9.17) is 23.2 Å². The average molecular weight is 301 g/mol. The molecule has 1 aromatic rings. The summed E-state index contributed by atoms with van der Waals surface area (Å²) in [6, 6.07) is 10.3. The molecular formula is C14H18Cl2N2O. The Bertz CT molecular complexity index is 423. The second kappa shape index (κ2) is 6.12. The average Bonchev–Trinajstić information content (AvgIpc) is 2.39. The monoisotopic (exact) mass is 300 g/mol. The van der Waals surface area contributed by atoms with Crippen LogP contribution in [0.4, 0.5) is 0 Å². The number of hydrogen-bond donors (Lipinski definition) is 0. The molecule has 0 radical (unpaired) electrons. The van der Waals surface area contributed by atoms with Crippen LogP contribution in [0.25, 0.3) is 0 Å². The van der Waals surface area contributed by atoms with Gasteiger partial charge in [-0.25, -0.2) is 0 Å². The Labute approximate surface area is 124 Å². The first-order chi connectivity index (χ1) is 8.97. The third-order valence-electron chi connectivity index (χ3n) is 3.28. The highest BCUT2D eigenvalue weighted by Crippen LogP contribution is 2.23. The van der Waals surface area contributed by atoms with E-state index in [1.54, 1.807) is 4.90 Å². The molecule has 0 unspecified atom stereocenters. The van der Waals surface area contributed by atoms with Gasteiger partial charge < -0.3 is 4.90 Å². The van der Waals surface area contributed by atoms with Gasteiger partial charge >= 0.3 is 0 Å². The normalized spacial score (nSPS) is 17.5. The molecule has 1 heterocycles. The number of alkyl halides is 2. The van der Waals surface area contributed by atoms with Gasteiger partial charge in [-0.1, -0.05) is 53.5 Å². The fraction of sp³-hybridized carbons (Fsp3) is 0.500. The highest BCUT2D eigenvalue weighted by molar-refractivity contribution is 6.57. The summed E-state index contributed by atoms with van der Waals surface area (Å²) in [4.78, 5) is 16.0. The van der Waals surface area contributed by atoms with E-state index in [0.717, 1.165) is 19.6 Å². The number of rotatable bonds is 3. The first-order valence-electron chi connectivity index (χ1n) is 6.40. The summed E-state index contributed by atoms with van der Waals surface area (Å²) in [6.45, 7) is 5.51. The van der Waals surface area contributed by atoms with Crippen LogP contribution in [-0.4, -0.2) is 46.2 Å². The minimum absolute atomic E-state index is 0.199. The minimum atomic E-state index is -1.32. The van der Waals surface area contributed by atoms with Crippen molar-refractivity contribution in [2.24, 2.45) is 0 Å². The molecule has 104 valence electrons. The van der Waals surface area contributed by atoms with Crippen molar-refractivity contribution in [3.8, 4) is 0 Å². The zero-order valence-corrected chi connectivity index (χ0v) is 12.5. The van der Waals surface area contributed by atoms with E-state index in [2.05, 4.69) is 17.0 Å². The molecule has 0 N–H and O–H groups in total. The van der Waals surface area contributed by atoms with Gasteiger partial charge in [0.25, 0.3) is 5.91 Å². The van der Waals surface area contributed by atoms with Gasteiger partial charge in [-0.15, -0.1) is 0 Å². The quantitative estimate of drug-likeness (QED) is 0.801. The SMILES string of the molecule is CC(Cl)(Cl)C(=O)N1CCN(Cc2ccccc2)CC1. The van der Waals surface area contributed by atoms with Crippen LogP contribution < -0.4 is 0 Å². The van der Waals surface area contributed by atoms with Crippen LogP contribution in [0.5, 0.6) is 0 Å². The Hall–Kier alpha value is -0.770. The lowest BCUT2D eigenvalue weighted by Crippen LogP contribution is -2.51. The number of hydrogen-bond acceptors (Lipinski definition) is 2. The number of amides is 1. The van der Waals surface area contributed by atoms with Crippen molar-refractivity contribution in [2.75, 3.05) is 26.2 Å². The Kier molecular flexibility index (Phi) is 4.71. The van der Waals surface area contributed by atoms with Crippen LogP contribution in [0, 0.1) is 0 Å². The van der Waals surface area contributed by atoms with Gasteiger partial charge in [-0.2, -0.15) is 0 Å². The zero-order chi connectivity index (χ0) is 13.9. The summed E-state index contributed by atoms with van der Waals surface area (Å²) in [5.41, 5.74) is 1.29. The van der Waals surface area contributed by atoms with Crippen LogP contribution in [0.1, 0.15) is 12.5 Å². The fourth-order valence-corrected chi connectivity index (χ4v) is 2.47.